The number of fused-ring (bicyclic) bond motifs is 3. The second kappa shape index (κ2) is 13.8. The van der Waals surface area contributed by atoms with Crippen LogP contribution in [0.15, 0.2) is 188 Å². The van der Waals surface area contributed by atoms with Gasteiger partial charge in [0.1, 0.15) is 0 Å². The topological polar surface area (TPSA) is 38.7 Å². The predicted octanol–water partition coefficient (Wildman–Crippen LogP) is 13.9. The molecule has 56 heavy (non-hydrogen) atoms. The van der Waals surface area contributed by atoms with Crippen LogP contribution in [0.25, 0.3) is 88.4 Å². The Morgan fingerprint density at radius 2 is 0.768 bits per heavy atom. The van der Waals surface area contributed by atoms with Crippen molar-refractivity contribution >= 4 is 11.3 Å². The van der Waals surface area contributed by atoms with Crippen LogP contribution in [0.2, 0.25) is 0 Å². The Balaban J connectivity index is 1.16. The molecule has 2 heterocycles. The van der Waals surface area contributed by atoms with Gasteiger partial charge in [-0.3, -0.25) is 0 Å². The van der Waals surface area contributed by atoms with Crippen LogP contribution < -0.4 is 0 Å². The van der Waals surface area contributed by atoms with Crippen molar-refractivity contribution in [2.45, 2.75) is 19.3 Å². The molecule has 0 aliphatic heterocycles. The maximum atomic E-state index is 5.13. The molecule has 0 N–H and O–H groups in total. The highest BCUT2D eigenvalue weighted by molar-refractivity contribution is 7.19. The fraction of sp³-hybridized carbons (Fsp3) is 0.0577. The van der Waals surface area contributed by atoms with Gasteiger partial charge in [0.15, 0.2) is 17.5 Å². The molecule has 2 aromatic heterocycles. The summed E-state index contributed by atoms with van der Waals surface area (Å²) in [5.74, 6) is 1.93. The molecule has 266 valence electrons. The highest BCUT2D eigenvalue weighted by Crippen LogP contribution is 2.60. The molecule has 0 spiro atoms. The van der Waals surface area contributed by atoms with Gasteiger partial charge in [0.05, 0.1) is 0 Å². The van der Waals surface area contributed by atoms with Crippen molar-refractivity contribution in [2.75, 3.05) is 0 Å². The summed E-state index contributed by atoms with van der Waals surface area (Å²) in [6, 6.07) is 66.5. The van der Waals surface area contributed by atoms with Crippen LogP contribution in [0.5, 0.6) is 0 Å². The molecule has 0 fully saturated rings. The minimum Gasteiger partial charge on any atom is -0.208 e. The van der Waals surface area contributed by atoms with E-state index in [0.717, 1.165) is 38.9 Å². The normalized spacial score (nSPS) is 12.6. The van der Waals surface area contributed by atoms with Crippen LogP contribution in [0.1, 0.15) is 25.0 Å². The number of hydrogen-bond donors (Lipinski definition) is 0. The highest BCUT2D eigenvalue weighted by atomic mass is 32.1. The third-order valence-corrected chi connectivity index (χ3v) is 12.2. The van der Waals surface area contributed by atoms with E-state index in [9.17, 15) is 0 Å². The molecule has 3 nitrogen and oxygen atoms in total. The molecule has 0 bridgehead atoms. The van der Waals surface area contributed by atoms with Gasteiger partial charge in [-0.15, -0.1) is 11.3 Å². The van der Waals surface area contributed by atoms with E-state index in [0.29, 0.717) is 17.5 Å². The first-order chi connectivity index (χ1) is 27.5. The summed E-state index contributed by atoms with van der Waals surface area (Å²) < 4.78 is 0. The molecule has 0 amide bonds. The summed E-state index contributed by atoms with van der Waals surface area (Å²) in [5, 5.41) is 0. The second-order valence-electron chi connectivity index (χ2n) is 14.8. The van der Waals surface area contributed by atoms with Gasteiger partial charge in [0.2, 0.25) is 0 Å². The second-order valence-corrected chi connectivity index (χ2v) is 15.9. The molecule has 0 unspecified atom stereocenters. The Morgan fingerprint density at radius 3 is 1.29 bits per heavy atom. The number of rotatable bonds is 7. The predicted molar refractivity (Wildman–Crippen MR) is 233 cm³/mol. The lowest BCUT2D eigenvalue weighted by molar-refractivity contribution is 0.664. The third kappa shape index (κ3) is 5.96. The average molecular weight is 736 g/mol. The lowest BCUT2D eigenvalue weighted by atomic mass is 9.80. The van der Waals surface area contributed by atoms with E-state index in [2.05, 4.69) is 166 Å². The number of nitrogens with zero attached hydrogens (tertiary/aromatic N) is 3. The lowest BCUT2D eigenvalue weighted by Crippen LogP contribution is -2.15. The SMILES string of the molecule is CC1(C)c2cc(-c3cc(-c4ccccc4)cc(-c4nc(-c5ccccc5)nc(-c5ccccc5)n4)c3)ccc2-c2c(-c3ccccc3)sc(-c3ccccc3)c21. The zero-order valence-electron chi connectivity index (χ0n) is 31.1. The number of aromatic nitrogens is 3. The molecule has 0 radical (unpaired) electrons. The lowest BCUT2D eigenvalue weighted by Gasteiger charge is -2.23. The zero-order chi connectivity index (χ0) is 37.6. The van der Waals surface area contributed by atoms with Gasteiger partial charge < -0.3 is 0 Å². The standard InChI is InChI=1S/C52H37N3S/c1-52(2)44-33-39(28-29-43(44)45-46(52)48(36-22-12-5-13-23-36)56-47(45)35-20-10-4-11-21-35)41-30-40(34-18-8-3-9-19-34)31-42(32-41)51-54-49(37-24-14-6-15-25-37)53-50(55-51)38-26-16-7-17-27-38/h3-33H,1-2H3. The summed E-state index contributed by atoms with van der Waals surface area (Å²) in [6.07, 6.45) is 0. The van der Waals surface area contributed by atoms with Crippen LogP contribution in [-0.4, -0.2) is 15.0 Å². The summed E-state index contributed by atoms with van der Waals surface area (Å²) in [5.41, 5.74) is 15.1. The molecule has 0 saturated heterocycles. The summed E-state index contributed by atoms with van der Waals surface area (Å²) >= 11 is 1.91. The van der Waals surface area contributed by atoms with Crippen molar-refractivity contribution in [2.24, 2.45) is 0 Å². The Morgan fingerprint density at radius 1 is 0.357 bits per heavy atom. The number of benzene rings is 7. The Labute approximate surface area is 331 Å². The maximum absolute atomic E-state index is 5.13. The van der Waals surface area contributed by atoms with Crippen molar-refractivity contribution in [3.05, 3.63) is 199 Å². The van der Waals surface area contributed by atoms with E-state index >= 15 is 0 Å². The Kier molecular flexibility index (Phi) is 8.35. The molecule has 9 aromatic rings. The zero-order valence-corrected chi connectivity index (χ0v) is 32.0. The average Bonchev–Trinajstić information content (AvgIpc) is 3.79. The third-order valence-electron chi connectivity index (χ3n) is 10.9. The first-order valence-corrected chi connectivity index (χ1v) is 19.8. The van der Waals surface area contributed by atoms with Gasteiger partial charge in [-0.05, 0) is 74.3 Å². The quantitative estimate of drug-likeness (QED) is 0.164. The highest BCUT2D eigenvalue weighted by Gasteiger charge is 2.41. The molecule has 0 atom stereocenters. The van der Waals surface area contributed by atoms with Crippen molar-refractivity contribution in [1.82, 2.24) is 15.0 Å². The van der Waals surface area contributed by atoms with Gasteiger partial charge in [-0.2, -0.15) is 0 Å². The van der Waals surface area contributed by atoms with Crippen molar-refractivity contribution in [3.8, 4) is 88.4 Å². The van der Waals surface area contributed by atoms with E-state index in [1.165, 1.54) is 43.1 Å². The van der Waals surface area contributed by atoms with Gasteiger partial charge >= 0.3 is 0 Å². The number of hydrogen-bond acceptors (Lipinski definition) is 4. The van der Waals surface area contributed by atoms with Crippen molar-refractivity contribution in [1.29, 1.82) is 0 Å². The smallest absolute Gasteiger partial charge is 0.164 e. The first kappa shape index (κ1) is 33.8. The van der Waals surface area contributed by atoms with Crippen LogP contribution in [0.3, 0.4) is 0 Å². The van der Waals surface area contributed by atoms with Crippen LogP contribution >= 0.6 is 11.3 Å². The van der Waals surface area contributed by atoms with Gasteiger partial charge in [-0.1, -0.05) is 178 Å². The molecule has 0 saturated carbocycles. The molecule has 1 aliphatic carbocycles. The van der Waals surface area contributed by atoms with Gasteiger partial charge in [-0.25, -0.2) is 15.0 Å². The fourth-order valence-electron chi connectivity index (χ4n) is 8.12. The molecule has 10 rings (SSSR count). The minimum atomic E-state index is -0.224. The van der Waals surface area contributed by atoms with Gasteiger partial charge in [0, 0.05) is 37.4 Å². The maximum Gasteiger partial charge on any atom is 0.164 e. The largest absolute Gasteiger partial charge is 0.208 e. The number of thiophene rings is 1. The molecule has 7 aromatic carbocycles. The monoisotopic (exact) mass is 735 g/mol. The summed E-state index contributed by atoms with van der Waals surface area (Å²) in [7, 11) is 0. The molecule has 4 heteroatoms. The van der Waals surface area contributed by atoms with Gasteiger partial charge in [0.25, 0.3) is 0 Å². The van der Waals surface area contributed by atoms with Crippen LogP contribution in [0.4, 0.5) is 0 Å². The van der Waals surface area contributed by atoms with Crippen LogP contribution in [0, 0.1) is 0 Å². The first-order valence-electron chi connectivity index (χ1n) is 19.0. The minimum absolute atomic E-state index is 0.224. The summed E-state index contributed by atoms with van der Waals surface area (Å²) in [4.78, 5) is 17.9. The van der Waals surface area contributed by atoms with Crippen molar-refractivity contribution < 1.29 is 0 Å². The van der Waals surface area contributed by atoms with E-state index in [1.807, 2.05) is 47.7 Å². The van der Waals surface area contributed by atoms with Crippen LogP contribution in [-0.2, 0) is 5.41 Å². The van der Waals surface area contributed by atoms with E-state index < -0.39 is 0 Å². The van der Waals surface area contributed by atoms with Crippen molar-refractivity contribution in [3.63, 3.8) is 0 Å². The molecular formula is C52H37N3S. The Bertz CT molecular complexity index is 2790. The molecule has 1 aliphatic rings. The molecular weight excluding hydrogens is 699 g/mol. The van der Waals surface area contributed by atoms with E-state index in [4.69, 9.17) is 15.0 Å². The summed E-state index contributed by atoms with van der Waals surface area (Å²) in [6.45, 7) is 4.78. The van der Waals surface area contributed by atoms with E-state index in [-0.39, 0.29) is 5.41 Å². The van der Waals surface area contributed by atoms with E-state index in [1.54, 1.807) is 0 Å². The Hall–Kier alpha value is -6.75. The fourth-order valence-corrected chi connectivity index (χ4v) is 9.61.